The molecule has 1 aromatic rings. The molecular formula is C16H24N2O3. The maximum absolute atomic E-state index is 12.4. The van der Waals surface area contributed by atoms with Crippen molar-refractivity contribution in [1.29, 1.82) is 0 Å². The van der Waals surface area contributed by atoms with Gasteiger partial charge < -0.3 is 19.7 Å². The van der Waals surface area contributed by atoms with Crippen LogP contribution in [0.4, 0.5) is 10.5 Å². The van der Waals surface area contributed by atoms with Crippen LogP contribution in [0.25, 0.3) is 0 Å². The zero-order chi connectivity index (χ0) is 15.4. The number of hydrogen-bond donors (Lipinski definition) is 1. The quantitative estimate of drug-likeness (QED) is 0.930. The minimum Gasteiger partial charge on any atom is -0.497 e. The van der Waals surface area contributed by atoms with E-state index in [4.69, 9.17) is 9.47 Å². The molecule has 0 saturated carbocycles. The molecule has 1 aromatic carbocycles. The second kappa shape index (κ2) is 6.70. The molecule has 1 aliphatic rings. The fraction of sp³-hybridized carbons (Fsp3) is 0.562. The molecular weight excluding hydrogens is 268 g/mol. The molecule has 5 nitrogen and oxygen atoms in total. The molecule has 1 N–H and O–H groups in total. The Hall–Kier alpha value is -1.91. The molecule has 0 bridgehead atoms. The first-order valence-electron chi connectivity index (χ1n) is 7.30. The number of nitrogens with zero attached hydrogens (tertiary/aromatic N) is 1. The molecule has 5 heteroatoms. The zero-order valence-electron chi connectivity index (χ0n) is 13.2. The predicted octanol–water partition coefficient (Wildman–Crippen LogP) is 3.21. The number of likely N-dealkylation sites (tertiary alicyclic amines) is 1. The van der Waals surface area contributed by atoms with Crippen molar-refractivity contribution < 1.29 is 14.3 Å². The second-order valence-corrected chi connectivity index (χ2v) is 5.88. The summed E-state index contributed by atoms with van der Waals surface area (Å²) >= 11 is 0. The first-order chi connectivity index (χ1) is 10.0. The summed E-state index contributed by atoms with van der Waals surface area (Å²) in [7, 11) is 3.18. The fourth-order valence-corrected chi connectivity index (χ4v) is 2.91. The van der Waals surface area contributed by atoms with E-state index in [2.05, 4.69) is 19.2 Å². The Morgan fingerprint density at radius 1 is 1.10 bits per heavy atom. The summed E-state index contributed by atoms with van der Waals surface area (Å²) in [4.78, 5) is 14.3. The van der Waals surface area contributed by atoms with E-state index in [0.29, 0.717) is 29.0 Å². The molecule has 0 aliphatic carbocycles. The molecule has 1 aliphatic heterocycles. The highest BCUT2D eigenvalue weighted by Crippen LogP contribution is 2.27. The number of carbonyl (C=O) groups is 1. The number of benzene rings is 1. The van der Waals surface area contributed by atoms with Crippen LogP contribution in [0.5, 0.6) is 11.5 Å². The zero-order valence-corrected chi connectivity index (χ0v) is 13.2. The van der Waals surface area contributed by atoms with E-state index >= 15 is 0 Å². The average molecular weight is 292 g/mol. The molecule has 1 heterocycles. The van der Waals surface area contributed by atoms with E-state index in [1.165, 1.54) is 6.42 Å². The van der Waals surface area contributed by atoms with Crippen molar-refractivity contribution >= 4 is 11.7 Å². The van der Waals surface area contributed by atoms with Crippen molar-refractivity contribution in [3.05, 3.63) is 18.2 Å². The molecule has 0 spiro atoms. The molecule has 1 fully saturated rings. The number of rotatable bonds is 3. The van der Waals surface area contributed by atoms with Crippen LogP contribution < -0.4 is 14.8 Å². The number of ether oxygens (including phenoxy) is 2. The number of nitrogens with one attached hydrogen (secondary N) is 1. The van der Waals surface area contributed by atoms with Crippen LogP contribution in [0.15, 0.2) is 18.2 Å². The van der Waals surface area contributed by atoms with Crippen molar-refractivity contribution in [2.45, 2.75) is 20.3 Å². The van der Waals surface area contributed by atoms with Crippen LogP contribution in [0.2, 0.25) is 0 Å². The Morgan fingerprint density at radius 2 is 1.62 bits per heavy atom. The smallest absolute Gasteiger partial charge is 0.321 e. The van der Waals surface area contributed by atoms with Crippen LogP contribution in [-0.2, 0) is 0 Å². The number of methoxy groups -OCH3 is 2. The highest BCUT2D eigenvalue weighted by Gasteiger charge is 2.25. The average Bonchev–Trinajstić information content (AvgIpc) is 2.45. The first-order valence-corrected chi connectivity index (χ1v) is 7.30. The van der Waals surface area contributed by atoms with E-state index in [9.17, 15) is 4.79 Å². The van der Waals surface area contributed by atoms with E-state index in [1.807, 2.05) is 4.90 Å². The van der Waals surface area contributed by atoms with Crippen molar-refractivity contribution in [2.75, 3.05) is 32.6 Å². The normalized spacial score (nSPS) is 21.8. The third-order valence-electron chi connectivity index (χ3n) is 3.76. The van der Waals surface area contributed by atoms with Gasteiger partial charge in [-0.15, -0.1) is 0 Å². The van der Waals surface area contributed by atoms with Crippen LogP contribution in [0.1, 0.15) is 20.3 Å². The van der Waals surface area contributed by atoms with Crippen LogP contribution >= 0.6 is 0 Å². The van der Waals surface area contributed by atoms with Crippen molar-refractivity contribution in [3.8, 4) is 11.5 Å². The van der Waals surface area contributed by atoms with Crippen LogP contribution in [-0.4, -0.2) is 38.2 Å². The molecule has 0 aromatic heterocycles. The Balaban J connectivity index is 2.08. The molecule has 2 amide bonds. The van der Waals surface area contributed by atoms with Gasteiger partial charge in [0.1, 0.15) is 11.5 Å². The van der Waals surface area contributed by atoms with E-state index in [1.54, 1.807) is 32.4 Å². The second-order valence-electron chi connectivity index (χ2n) is 5.88. The third-order valence-corrected chi connectivity index (χ3v) is 3.76. The third kappa shape index (κ3) is 4.03. The van der Waals surface area contributed by atoms with Gasteiger partial charge in [-0.25, -0.2) is 4.79 Å². The van der Waals surface area contributed by atoms with Gasteiger partial charge in [-0.1, -0.05) is 13.8 Å². The molecule has 21 heavy (non-hydrogen) atoms. The predicted molar refractivity (Wildman–Crippen MR) is 83.1 cm³/mol. The largest absolute Gasteiger partial charge is 0.497 e. The lowest BCUT2D eigenvalue weighted by Gasteiger charge is -2.34. The van der Waals surface area contributed by atoms with Crippen molar-refractivity contribution in [1.82, 2.24) is 4.90 Å². The highest BCUT2D eigenvalue weighted by atomic mass is 16.5. The lowest BCUT2D eigenvalue weighted by atomic mass is 9.92. The minimum atomic E-state index is -0.0660. The Kier molecular flexibility index (Phi) is 4.94. The highest BCUT2D eigenvalue weighted by molar-refractivity contribution is 5.90. The standard InChI is InChI=1S/C16H24N2O3/c1-11-5-12(2)10-18(9-11)16(19)17-13-6-14(20-3)8-15(7-13)21-4/h6-8,11-12H,5,9-10H2,1-4H3,(H,17,19). The number of amides is 2. The first kappa shape index (κ1) is 15.5. The maximum atomic E-state index is 12.4. The molecule has 0 radical (unpaired) electrons. The number of carbonyl (C=O) groups excluding carboxylic acids is 1. The summed E-state index contributed by atoms with van der Waals surface area (Å²) in [6.07, 6.45) is 1.18. The van der Waals surface area contributed by atoms with Gasteiger partial charge in [0, 0.05) is 37.0 Å². The van der Waals surface area contributed by atoms with Gasteiger partial charge in [0.15, 0.2) is 0 Å². The fourth-order valence-electron chi connectivity index (χ4n) is 2.91. The van der Waals surface area contributed by atoms with Gasteiger partial charge in [-0.3, -0.25) is 0 Å². The minimum absolute atomic E-state index is 0.0660. The van der Waals surface area contributed by atoms with Crippen molar-refractivity contribution in [2.24, 2.45) is 11.8 Å². The Bertz CT molecular complexity index is 472. The van der Waals surface area contributed by atoms with Gasteiger partial charge in [0.25, 0.3) is 0 Å². The number of piperidine rings is 1. The Morgan fingerprint density at radius 3 is 2.10 bits per heavy atom. The number of anilines is 1. The summed E-state index contributed by atoms with van der Waals surface area (Å²) in [5, 5.41) is 2.93. The molecule has 2 rings (SSSR count). The van der Waals surface area contributed by atoms with Gasteiger partial charge in [0.05, 0.1) is 14.2 Å². The lowest BCUT2D eigenvalue weighted by molar-refractivity contribution is 0.156. The summed E-state index contributed by atoms with van der Waals surface area (Å²) in [6, 6.07) is 5.29. The summed E-state index contributed by atoms with van der Waals surface area (Å²) in [5.74, 6) is 2.40. The van der Waals surface area contributed by atoms with Crippen molar-refractivity contribution in [3.63, 3.8) is 0 Å². The van der Waals surface area contributed by atoms with E-state index in [-0.39, 0.29) is 6.03 Å². The van der Waals surface area contributed by atoms with Crippen LogP contribution in [0.3, 0.4) is 0 Å². The van der Waals surface area contributed by atoms with Gasteiger partial charge in [-0.05, 0) is 18.3 Å². The van der Waals surface area contributed by atoms with E-state index < -0.39 is 0 Å². The topological polar surface area (TPSA) is 50.8 Å². The van der Waals surface area contributed by atoms with E-state index in [0.717, 1.165) is 13.1 Å². The summed E-state index contributed by atoms with van der Waals surface area (Å²) < 4.78 is 10.4. The Labute approximate surface area is 126 Å². The SMILES string of the molecule is COc1cc(NC(=O)N2CC(C)CC(C)C2)cc(OC)c1. The maximum Gasteiger partial charge on any atom is 0.321 e. The monoisotopic (exact) mass is 292 g/mol. The van der Waals surface area contributed by atoms with Crippen LogP contribution in [0, 0.1) is 11.8 Å². The van der Waals surface area contributed by atoms with Gasteiger partial charge in [-0.2, -0.15) is 0 Å². The number of urea groups is 1. The summed E-state index contributed by atoms with van der Waals surface area (Å²) in [6.45, 7) is 5.98. The lowest BCUT2D eigenvalue weighted by Crippen LogP contribution is -2.44. The summed E-state index contributed by atoms with van der Waals surface area (Å²) in [5.41, 5.74) is 0.682. The molecule has 116 valence electrons. The molecule has 1 saturated heterocycles. The molecule has 2 unspecified atom stereocenters. The van der Waals surface area contributed by atoms with Gasteiger partial charge in [0.2, 0.25) is 0 Å². The molecule has 2 atom stereocenters. The number of hydrogen-bond acceptors (Lipinski definition) is 3. The van der Waals surface area contributed by atoms with Gasteiger partial charge >= 0.3 is 6.03 Å².